The van der Waals surface area contributed by atoms with E-state index >= 15 is 0 Å². The van der Waals surface area contributed by atoms with Crippen LogP contribution in [-0.4, -0.2) is 57.4 Å². The van der Waals surface area contributed by atoms with Crippen molar-refractivity contribution in [3.63, 3.8) is 0 Å². The highest BCUT2D eigenvalue weighted by Crippen LogP contribution is 2.36. The monoisotopic (exact) mass is 385 g/mol. The van der Waals surface area contributed by atoms with Crippen molar-refractivity contribution in [1.82, 2.24) is 15.5 Å². The van der Waals surface area contributed by atoms with E-state index in [4.69, 9.17) is 9.47 Å². The van der Waals surface area contributed by atoms with E-state index in [-0.39, 0.29) is 0 Å². The van der Waals surface area contributed by atoms with Crippen molar-refractivity contribution in [3.8, 4) is 11.5 Å². The minimum atomic E-state index is 0.626. The van der Waals surface area contributed by atoms with Crippen LogP contribution >= 0.6 is 15.9 Å². The molecule has 0 atom stereocenters. The lowest BCUT2D eigenvalue weighted by Gasteiger charge is -2.27. The highest BCUT2D eigenvalue weighted by atomic mass is 79.9. The summed E-state index contributed by atoms with van der Waals surface area (Å²) in [6.07, 6.45) is 0. The van der Waals surface area contributed by atoms with Gasteiger partial charge in [0.05, 0.1) is 17.7 Å². The topological polar surface area (TPSA) is 45.8 Å². The zero-order chi connectivity index (χ0) is 16.5. The van der Waals surface area contributed by atoms with Gasteiger partial charge in [-0.15, -0.1) is 0 Å². The van der Waals surface area contributed by atoms with Gasteiger partial charge >= 0.3 is 0 Å². The molecular weight excluding hydrogens is 358 g/mol. The summed E-state index contributed by atoms with van der Waals surface area (Å²) in [5.41, 5.74) is 1.20. The lowest BCUT2D eigenvalue weighted by molar-refractivity contribution is 0.241. The van der Waals surface area contributed by atoms with Gasteiger partial charge in [0.2, 0.25) is 0 Å². The third-order valence-electron chi connectivity index (χ3n) is 3.80. The predicted molar refractivity (Wildman–Crippen MR) is 97.5 cm³/mol. The summed E-state index contributed by atoms with van der Waals surface area (Å²) in [5, 5.41) is 6.90. The second kappa shape index (κ2) is 10.1. The number of hydrogen-bond acceptors (Lipinski definition) is 5. The van der Waals surface area contributed by atoms with E-state index in [1.54, 1.807) is 0 Å². The summed E-state index contributed by atoms with van der Waals surface area (Å²) >= 11 is 3.59. The summed E-state index contributed by atoms with van der Waals surface area (Å²) in [5.74, 6) is 1.60. The van der Waals surface area contributed by atoms with E-state index in [0.29, 0.717) is 13.2 Å². The van der Waals surface area contributed by atoms with Gasteiger partial charge in [-0.2, -0.15) is 0 Å². The summed E-state index contributed by atoms with van der Waals surface area (Å²) in [4.78, 5) is 2.49. The lowest BCUT2D eigenvalue weighted by atomic mass is 10.2. The number of nitrogens with zero attached hydrogens (tertiary/aromatic N) is 1. The van der Waals surface area contributed by atoms with Crippen LogP contribution in [0.4, 0.5) is 0 Å². The number of piperazine rings is 1. The van der Waals surface area contributed by atoms with Gasteiger partial charge in [-0.1, -0.05) is 0 Å². The molecule has 0 radical (unpaired) electrons. The van der Waals surface area contributed by atoms with Gasteiger partial charge in [0, 0.05) is 45.8 Å². The van der Waals surface area contributed by atoms with Crippen LogP contribution in [0, 0.1) is 0 Å². The van der Waals surface area contributed by atoms with Gasteiger partial charge in [-0.3, -0.25) is 4.90 Å². The molecule has 0 aliphatic carbocycles. The second-order valence-corrected chi connectivity index (χ2v) is 6.39. The van der Waals surface area contributed by atoms with Gasteiger partial charge in [0.25, 0.3) is 0 Å². The number of rotatable bonds is 9. The molecule has 1 aliphatic rings. The van der Waals surface area contributed by atoms with Crippen LogP contribution in [0.2, 0.25) is 0 Å². The molecule has 6 heteroatoms. The summed E-state index contributed by atoms with van der Waals surface area (Å²) in [6.45, 7) is 12.6. The van der Waals surface area contributed by atoms with E-state index in [9.17, 15) is 0 Å². The van der Waals surface area contributed by atoms with Crippen LogP contribution in [-0.2, 0) is 6.54 Å². The molecule has 1 heterocycles. The second-order valence-electron chi connectivity index (χ2n) is 5.54. The van der Waals surface area contributed by atoms with E-state index in [1.807, 2.05) is 13.8 Å². The van der Waals surface area contributed by atoms with Crippen molar-refractivity contribution < 1.29 is 9.47 Å². The smallest absolute Gasteiger partial charge is 0.175 e. The Balaban J connectivity index is 1.86. The molecule has 0 amide bonds. The highest BCUT2D eigenvalue weighted by Gasteiger charge is 2.12. The standard InChI is InChI=1S/C17H28BrN3O2/c1-3-22-16-12-14(11-15(18)17(16)23-4-2)13-20-7-10-21-8-5-19-6-9-21/h11-12,19-20H,3-10,13H2,1-2H3. The van der Waals surface area contributed by atoms with Crippen LogP contribution in [0.3, 0.4) is 0 Å². The Morgan fingerprint density at radius 2 is 1.91 bits per heavy atom. The van der Waals surface area contributed by atoms with Crippen molar-refractivity contribution in [2.24, 2.45) is 0 Å². The third kappa shape index (κ3) is 5.95. The molecule has 5 nitrogen and oxygen atoms in total. The first-order chi connectivity index (χ1) is 11.2. The average molecular weight is 386 g/mol. The van der Waals surface area contributed by atoms with Crippen molar-refractivity contribution in [2.75, 3.05) is 52.5 Å². The molecule has 1 aromatic carbocycles. The molecule has 23 heavy (non-hydrogen) atoms. The fraction of sp³-hybridized carbons (Fsp3) is 0.647. The van der Waals surface area contributed by atoms with Crippen molar-refractivity contribution in [1.29, 1.82) is 0 Å². The molecule has 130 valence electrons. The fourth-order valence-electron chi connectivity index (χ4n) is 2.68. The van der Waals surface area contributed by atoms with Crippen LogP contribution in [0.25, 0.3) is 0 Å². The summed E-state index contributed by atoms with van der Waals surface area (Å²) in [6, 6.07) is 4.17. The number of hydrogen-bond donors (Lipinski definition) is 2. The Hall–Kier alpha value is -0.820. The largest absolute Gasteiger partial charge is 0.490 e. The minimum absolute atomic E-state index is 0.626. The Morgan fingerprint density at radius 1 is 1.17 bits per heavy atom. The van der Waals surface area contributed by atoms with E-state index < -0.39 is 0 Å². The SMILES string of the molecule is CCOc1cc(CNCCN2CCNCC2)cc(Br)c1OCC. The molecular formula is C17H28BrN3O2. The number of nitrogens with one attached hydrogen (secondary N) is 2. The third-order valence-corrected chi connectivity index (χ3v) is 4.39. The minimum Gasteiger partial charge on any atom is -0.490 e. The molecule has 1 fully saturated rings. The first-order valence-corrected chi connectivity index (χ1v) is 9.25. The van der Waals surface area contributed by atoms with Gasteiger partial charge in [-0.25, -0.2) is 0 Å². The van der Waals surface area contributed by atoms with Crippen molar-refractivity contribution in [2.45, 2.75) is 20.4 Å². The van der Waals surface area contributed by atoms with Gasteiger partial charge in [0.15, 0.2) is 11.5 Å². The molecule has 0 aromatic heterocycles. The molecule has 2 N–H and O–H groups in total. The highest BCUT2D eigenvalue weighted by molar-refractivity contribution is 9.10. The predicted octanol–water partition coefficient (Wildman–Crippen LogP) is 2.24. The fourth-order valence-corrected chi connectivity index (χ4v) is 3.28. The normalized spacial score (nSPS) is 15.6. The molecule has 1 aromatic rings. The Kier molecular flexibility index (Phi) is 8.16. The first-order valence-electron chi connectivity index (χ1n) is 8.46. The molecule has 2 rings (SSSR count). The number of ether oxygens (including phenoxy) is 2. The average Bonchev–Trinajstić information content (AvgIpc) is 2.56. The van der Waals surface area contributed by atoms with E-state index in [0.717, 1.165) is 61.8 Å². The molecule has 0 bridgehead atoms. The van der Waals surface area contributed by atoms with E-state index in [1.165, 1.54) is 5.56 Å². The van der Waals surface area contributed by atoms with Crippen LogP contribution in [0.5, 0.6) is 11.5 Å². The van der Waals surface area contributed by atoms with Gasteiger partial charge in [-0.05, 0) is 47.5 Å². The maximum Gasteiger partial charge on any atom is 0.175 e. The van der Waals surface area contributed by atoms with Crippen LogP contribution in [0.1, 0.15) is 19.4 Å². The van der Waals surface area contributed by atoms with Crippen molar-refractivity contribution in [3.05, 3.63) is 22.2 Å². The number of benzene rings is 1. The van der Waals surface area contributed by atoms with Gasteiger partial charge < -0.3 is 20.1 Å². The maximum atomic E-state index is 5.71. The van der Waals surface area contributed by atoms with Crippen LogP contribution < -0.4 is 20.1 Å². The number of halogens is 1. The zero-order valence-corrected chi connectivity index (χ0v) is 15.7. The maximum absolute atomic E-state index is 5.71. The molecule has 0 spiro atoms. The zero-order valence-electron chi connectivity index (χ0n) is 14.2. The van der Waals surface area contributed by atoms with Crippen molar-refractivity contribution >= 4 is 15.9 Å². The molecule has 1 saturated heterocycles. The Morgan fingerprint density at radius 3 is 2.61 bits per heavy atom. The Bertz CT molecular complexity index is 479. The molecule has 1 aliphatic heterocycles. The quantitative estimate of drug-likeness (QED) is 0.638. The molecule has 0 unspecified atom stereocenters. The van der Waals surface area contributed by atoms with Gasteiger partial charge in [0.1, 0.15) is 0 Å². The Labute approximate surface area is 147 Å². The lowest BCUT2D eigenvalue weighted by Crippen LogP contribution is -2.45. The molecule has 0 saturated carbocycles. The summed E-state index contributed by atoms with van der Waals surface area (Å²) in [7, 11) is 0. The van der Waals surface area contributed by atoms with E-state index in [2.05, 4.69) is 43.6 Å². The summed E-state index contributed by atoms with van der Waals surface area (Å²) < 4.78 is 12.3. The van der Waals surface area contributed by atoms with Crippen LogP contribution in [0.15, 0.2) is 16.6 Å². The first kappa shape index (κ1) is 18.5.